The van der Waals surface area contributed by atoms with Crippen LogP contribution in [0.25, 0.3) is 0 Å². The Balaban J connectivity index is 2.69. The predicted molar refractivity (Wildman–Crippen MR) is 79.4 cm³/mol. The Kier molecular flexibility index (Phi) is 5.82. The minimum absolute atomic E-state index is 0.0900. The number of sulfonamides is 1. The minimum atomic E-state index is -3.48. The number of hydrogen-bond acceptors (Lipinski definition) is 5. The molecule has 1 aromatic rings. The van der Waals surface area contributed by atoms with E-state index in [4.69, 9.17) is 0 Å². The summed E-state index contributed by atoms with van der Waals surface area (Å²) in [6, 6.07) is 7.13. The highest BCUT2D eigenvalue weighted by Gasteiger charge is 2.14. The van der Waals surface area contributed by atoms with Crippen molar-refractivity contribution >= 4 is 27.4 Å². The van der Waals surface area contributed by atoms with Gasteiger partial charge in [0.2, 0.25) is 10.0 Å². The molecule has 0 unspecified atom stereocenters. The smallest absolute Gasteiger partial charge is 0.305 e. The number of hydrogen-bond donors (Lipinski definition) is 1. The van der Waals surface area contributed by atoms with Crippen LogP contribution in [0.5, 0.6) is 0 Å². The number of benzene rings is 1. The van der Waals surface area contributed by atoms with E-state index in [0.717, 1.165) is 5.69 Å². The second kappa shape index (κ2) is 7.14. The van der Waals surface area contributed by atoms with Gasteiger partial charge in [0.15, 0.2) is 0 Å². The van der Waals surface area contributed by atoms with E-state index in [9.17, 15) is 13.2 Å². The van der Waals surface area contributed by atoms with Crippen molar-refractivity contribution in [2.75, 3.05) is 36.6 Å². The average Bonchev–Trinajstić information content (AvgIpc) is 2.38. The maximum atomic E-state index is 12.0. The molecule has 0 aromatic heterocycles. The van der Waals surface area contributed by atoms with Crippen molar-refractivity contribution < 1.29 is 17.9 Å². The van der Waals surface area contributed by atoms with Crippen molar-refractivity contribution in [3.8, 4) is 0 Å². The molecule has 7 heteroatoms. The van der Waals surface area contributed by atoms with Gasteiger partial charge in [0.05, 0.1) is 24.2 Å². The zero-order valence-corrected chi connectivity index (χ0v) is 12.7. The van der Waals surface area contributed by atoms with E-state index in [1.807, 2.05) is 31.1 Å². The lowest BCUT2D eigenvalue weighted by Crippen LogP contribution is -2.20. The summed E-state index contributed by atoms with van der Waals surface area (Å²) in [6.07, 6.45) is 0.318. The molecule has 112 valence electrons. The van der Waals surface area contributed by atoms with Gasteiger partial charge in [-0.2, -0.15) is 0 Å². The summed E-state index contributed by atoms with van der Waals surface area (Å²) >= 11 is 0. The van der Waals surface area contributed by atoms with Crippen molar-refractivity contribution in [3.05, 3.63) is 24.3 Å². The number of nitrogens with one attached hydrogen (secondary N) is 1. The van der Waals surface area contributed by atoms with E-state index in [1.165, 1.54) is 7.11 Å². The molecule has 1 rings (SSSR count). The van der Waals surface area contributed by atoms with Crippen LogP contribution in [0.3, 0.4) is 0 Å². The summed E-state index contributed by atoms with van der Waals surface area (Å²) in [5.41, 5.74) is 1.31. The number of esters is 1. The van der Waals surface area contributed by atoms with Crippen molar-refractivity contribution in [2.45, 2.75) is 12.8 Å². The van der Waals surface area contributed by atoms with E-state index in [0.29, 0.717) is 5.69 Å². The van der Waals surface area contributed by atoms with Crippen LogP contribution in [-0.4, -0.2) is 41.3 Å². The molecule has 0 saturated carbocycles. The quantitative estimate of drug-likeness (QED) is 0.771. The lowest BCUT2D eigenvalue weighted by atomic mass is 10.2. The molecule has 0 aliphatic carbocycles. The van der Waals surface area contributed by atoms with E-state index in [-0.39, 0.29) is 18.6 Å². The molecule has 0 radical (unpaired) electrons. The van der Waals surface area contributed by atoms with Crippen LogP contribution >= 0.6 is 0 Å². The maximum absolute atomic E-state index is 12.0. The van der Waals surface area contributed by atoms with Crippen LogP contribution in [0.15, 0.2) is 24.3 Å². The highest BCUT2D eigenvalue weighted by molar-refractivity contribution is 7.92. The number of ether oxygens (including phenoxy) is 1. The lowest BCUT2D eigenvalue weighted by Gasteiger charge is -2.18. The number of nitrogens with zero attached hydrogens (tertiary/aromatic N) is 1. The van der Waals surface area contributed by atoms with Gasteiger partial charge in [-0.25, -0.2) is 8.42 Å². The zero-order valence-electron chi connectivity index (χ0n) is 11.9. The molecule has 1 aromatic carbocycles. The van der Waals surface area contributed by atoms with Crippen LogP contribution in [0.2, 0.25) is 0 Å². The topological polar surface area (TPSA) is 75.7 Å². The Morgan fingerprint density at radius 2 is 1.95 bits per heavy atom. The Morgan fingerprint density at radius 3 is 2.55 bits per heavy atom. The Morgan fingerprint density at radius 1 is 1.30 bits per heavy atom. The Bertz CT molecular complexity index is 555. The summed E-state index contributed by atoms with van der Waals surface area (Å²) in [5.74, 6) is -0.530. The van der Waals surface area contributed by atoms with Gasteiger partial charge in [0.25, 0.3) is 0 Å². The van der Waals surface area contributed by atoms with Gasteiger partial charge in [-0.15, -0.1) is 0 Å². The first-order valence-electron chi connectivity index (χ1n) is 6.19. The van der Waals surface area contributed by atoms with Crippen LogP contribution in [-0.2, 0) is 19.6 Å². The van der Waals surface area contributed by atoms with E-state index in [2.05, 4.69) is 9.46 Å². The molecule has 0 atom stereocenters. The number of carbonyl (C=O) groups is 1. The van der Waals surface area contributed by atoms with Crippen LogP contribution in [0, 0.1) is 0 Å². The fourth-order valence-electron chi connectivity index (χ4n) is 1.68. The second-order valence-electron chi connectivity index (χ2n) is 4.51. The largest absolute Gasteiger partial charge is 0.469 e. The number of methoxy groups -OCH3 is 1. The monoisotopic (exact) mass is 300 g/mol. The van der Waals surface area contributed by atoms with Gasteiger partial charge in [-0.1, -0.05) is 12.1 Å². The Hall–Kier alpha value is -1.76. The molecule has 1 N–H and O–H groups in total. The first kappa shape index (κ1) is 16.3. The summed E-state index contributed by atoms with van der Waals surface area (Å²) < 4.78 is 30.9. The molecule has 0 aliphatic heterocycles. The molecule has 0 heterocycles. The highest BCUT2D eigenvalue weighted by Crippen LogP contribution is 2.24. The molecule has 0 saturated heterocycles. The number of carbonyl (C=O) groups excluding carboxylic acids is 1. The molecule has 0 aliphatic rings. The minimum Gasteiger partial charge on any atom is -0.469 e. The second-order valence-corrected chi connectivity index (χ2v) is 6.35. The third-order valence-corrected chi connectivity index (χ3v) is 4.03. The van der Waals surface area contributed by atoms with Crippen molar-refractivity contribution in [1.29, 1.82) is 0 Å². The van der Waals surface area contributed by atoms with Crippen molar-refractivity contribution in [1.82, 2.24) is 0 Å². The molecule has 20 heavy (non-hydrogen) atoms. The van der Waals surface area contributed by atoms with E-state index >= 15 is 0 Å². The normalized spacial score (nSPS) is 10.9. The molecule has 6 nitrogen and oxygen atoms in total. The standard InChI is InChI=1S/C13H20N2O4S/c1-15(2)12-8-5-4-7-11(12)14-20(17,18)10-6-9-13(16)19-3/h4-5,7-8,14H,6,9-10H2,1-3H3. The third-order valence-electron chi connectivity index (χ3n) is 2.67. The number of para-hydroxylation sites is 2. The van der Waals surface area contributed by atoms with Gasteiger partial charge >= 0.3 is 5.97 Å². The summed E-state index contributed by atoms with van der Waals surface area (Å²) in [6.45, 7) is 0. The number of anilines is 2. The van der Waals surface area contributed by atoms with E-state index in [1.54, 1.807) is 12.1 Å². The van der Waals surface area contributed by atoms with Crippen LogP contribution < -0.4 is 9.62 Å². The van der Waals surface area contributed by atoms with Gasteiger partial charge in [-0.3, -0.25) is 9.52 Å². The summed E-state index contributed by atoms with van der Waals surface area (Å²) in [7, 11) is 1.48. The third kappa shape index (κ3) is 5.08. The molecule has 0 spiro atoms. The first-order chi connectivity index (χ1) is 9.35. The highest BCUT2D eigenvalue weighted by atomic mass is 32.2. The lowest BCUT2D eigenvalue weighted by molar-refractivity contribution is -0.140. The SMILES string of the molecule is COC(=O)CCCS(=O)(=O)Nc1ccccc1N(C)C. The molecular weight excluding hydrogens is 280 g/mol. The fourth-order valence-corrected chi connectivity index (χ4v) is 2.81. The predicted octanol–water partition coefficient (Wildman–Crippen LogP) is 1.45. The summed E-state index contributed by atoms with van der Waals surface area (Å²) in [4.78, 5) is 12.8. The number of rotatable bonds is 7. The molecule has 0 amide bonds. The maximum Gasteiger partial charge on any atom is 0.305 e. The first-order valence-corrected chi connectivity index (χ1v) is 7.84. The zero-order chi connectivity index (χ0) is 15.2. The molecule has 0 fully saturated rings. The van der Waals surface area contributed by atoms with E-state index < -0.39 is 16.0 Å². The van der Waals surface area contributed by atoms with Crippen LogP contribution in [0.4, 0.5) is 11.4 Å². The van der Waals surface area contributed by atoms with Crippen molar-refractivity contribution in [3.63, 3.8) is 0 Å². The van der Waals surface area contributed by atoms with Gasteiger partial charge < -0.3 is 9.64 Å². The molecule has 0 bridgehead atoms. The van der Waals surface area contributed by atoms with Gasteiger partial charge in [0, 0.05) is 20.5 Å². The fraction of sp³-hybridized carbons (Fsp3) is 0.462. The average molecular weight is 300 g/mol. The van der Waals surface area contributed by atoms with Crippen LogP contribution in [0.1, 0.15) is 12.8 Å². The Labute approximate surface area is 119 Å². The van der Waals surface area contributed by atoms with Gasteiger partial charge in [0.1, 0.15) is 0 Å². The van der Waals surface area contributed by atoms with Gasteiger partial charge in [-0.05, 0) is 18.6 Å². The summed E-state index contributed by atoms with van der Waals surface area (Å²) in [5, 5.41) is 0. The molecular formula is C13H20N2O4S. The van der Waals surface area contributed by atoms with Crippen molar-refractivity contribution in [2.24, 2.45) is 0 Å².